The van der Waals surface area contributed by atoms with Crippen LogP contribution in [-0.4, -0.2) is 13.4 Å². The van der Waals surface area contributed by atoms with Gasteiger partial charge in [-0.1, -0.05) is 6.07 Å². The molecule has 0 atom stereocenters. The second-order valence-electron chi connectivity index (χ2n) is 5.22. The first-order valence-corrected chi connectivity index (χ1v) is 8.69. The summed E-state index contributed by atoms with van der Waals surface area (Å²) >= 11 is 0. The van der Waals surface area contributed by atoms with Crippen LogP contribution in [0.3, 0.4) is 0 Å². The first-order valence-electron chi connectivity index (χ1n) is 7.21. The van der Waals surface area contributed by atoms with E-state index >= 15 is 0 Å². The molecule has 0 radical (unpaired) electrons. The molecule has 0 saturated heterocycles. The van der Waals surface area contributed by atoms with Crippen molar-refractivity contribution in [2.45, 2.75) is 18.4 Å². The van der Waals surface area contributed by atoms with Crippen molar-refractivity contribution in [2.24, 2.45) is 0 Å². The number of pyridine rings is 1. The van der Waals surface area contributed by atoms with Crippen LogP contribution in [0.5, 0.6) is 0 Å². The number of furan rings is 1. The zero-order valence-electron chi connectivity index (χ0n) is 12.9. The third kappa shape index (κ3) is 3.37. The smallest absolute Gasteiger partial charge is 0.240 e. The molecular formula is C17H15FN2O3S. The number of sulfonamides is 1. The predicted molar refractivity (Wildman–Crippen MR) is 87.1 cm³/mol. The molecule has 0 aliphatic carbocycles. The van der Waals surface area contributed by atoms with Gasteiger partial charge in [-0.3, -0.25) is 4.98 Å². The van der Waals surface area contributed by atoms with Crippen LogP contribution in [0.4, 0.5) is 4.39 Å². The molecule has 1 N–H and O–H groups in total. The summed E-state index contributed by atoms with van der Waals surface area (Å²) in [6.07, 6.45) is 3.14. The number of aromatic nitrogens is 1. The third-order valence-electron chi connectivity index (χ3n) is 3.54. The quantitative estimate of drug-likeness (QED) is 0.770. The lowest BCUT2D eigenvalue weighted by Gasteiger charge is -2.10. The summed E-state index contributed by atoms with van der Waals surface area (Å²) in [5, 5.41) is 0. The molecule has 2 aromatic heterocycles. The molecule has 7 heteroatoms. The number of hydrogen-bond donors (Lipinski definition) is 1. The fourth-order valence-corrected chi connectivity index (χ4v) is 3.35. The summed E-state index contributed by atoms with van der Waals surface area (Å²) in [5.41, 5.74) is 1.52. The molecule has 3 rings (SSSR count). The molecule has 0 bridgehead atoms. The Hall–Kier alpha value is -2.51. The van der Waals surface area contributed by atoms with Gasteiger partial charge in [0.2, 0.25) is 10.0 Å². The average Bonchev–Trinajstić information content (AvgIpc) is 3.10. The molecule has 5 nitrogen and oxygen atoms in total. The van der Waals surface area contributed by atoms with Crippen LogP contribution in [0.25, 0.3) is 11.5 Å². The van der Waals surface area contributed by atoms with Crippen molar-refractivity contribution in [3.05, 3.63) is 71.9 Å². The SMILES string of the molecule is Cc1cc(S(=O)(=O)NCc2cccnc2-c2ccco2)ccc1F. The van der Waals surface area contributed by atoms with Gasteiger partial charge in [0.05, 0.1) is 11.2 Å². The number of hydrogen-bond acceptors (Lipinski definition) is 4. The van der Waals surface area contributed by atoms with Crippen LogP contribution in [0.2, 0.25) is 0 Å². The lowest BCUT2D eigenvalue weighted by molar-refractivity contribution is 0.574. The summed E-state index contributed by atoms with van der Waals surface area (Å²) in [7, 11) is -3.76. The van der Waals surface area contributed by atoms with Gasteiger partial charge < -0.3 is 4.42 Å². The van der Waals surface area contributed by atoms with E-state index in [1.807, 2.05) is 0 Å². The fourth-order valence-electron chi connectivity index (χ4n) is 2.26. The minimum atomic E-state index is -3.76. The molecule has 0 unspecified atom stereocenters. The van der Waals surface area contributed by atoms with Gasteiger partial charge in [-0.2, -0.15) is 0 Å². The lowest BCUT2D eigenvalue weighted by Crippen LogP contribution is -2.23. The molecule has 24 heavy (non-hydrogen) atoms. The van der Waals surface area contributed by atoms with Gasteiger partial charge >= 0.3 is 0 Å². The maximum absolute atomic E-state index is 13.3. The molecule has 124 valence electrons. The number of benzene rings is 1. The minimum absolute atomic E-state index is 0.0184. The van der Waals surface area contributed by atoms with Crippen molar-refractivity contribution in [2.75, 3.05) is 0 Å². The van der Waals surface area contributed by atoms with Crippen LogP contribution in [-0.2, 0) is 16.6 Å². The van der Waals surface area contributed by atoms with Crippen molar-refractivity contribution in [3.8, 4) is 11.5 Å². The normalized spacial score (nSPS) is 11.6. The second-order valence-corrected chi connectivity index (χ2v) is 6.99. The number of rotatable bonds is 5. The number of nitrogens with zero attached hydrogens (tertiary/aromatic N) is 1. The number of halogens is 1. The van der Waals surface area contributed by atoms with Crippen molar-refractivity contribution in [1.82, 2.24) is 9.71 Å². The van der Waals surface area contributed by atoms with E-state index in [1.54, 1.807) is 30.5 Å². The minimum Gasteiger partial charge on any atom is -0.463 e. The van der Waals surface area contributed by atoms with E-state index in [0.717, 1.165) is 6.07 Å². The Balaban J connectivity index is 1.84. The second kappa shape index (κ2) is 6.54. The average molecular weight is 346 g/mol. The molecule has 0 aliphatic heterocycles. The first-order chi connectivity index (χ1) is 11.5. The molecule has 1 aromatic carbocycles. The van der Waals surface area contributed by atoms with E-state index in [9.17, 15) is 12.8 Å². The van der Waals surface area contributed by atoms with E-state index < -0.39 is 15.8 Å². The highest BCUT2D eigenvalue weighted by Gasteiger charge is 2.17. The van der Waals surface area contributed by atoms with Crippen LogP contribution >= 0.6 is 0 Å². The van der Waals surface area contributed by atoms with Crippen molar-refractivity contribution >= 4 is 10.0 Å². The highest BCUT2D eigenvalue weighted by molar-refractivity contribution is 7.89. The summed E-state index contributed by atoms with van der Waals surface area (Å²) < 4.78 is 45.9. The highest BCUT2D eigenvalue weighted by Crippen LogP contribution is 2.22. The van der Waals surface area contributed by atoms with Gasteiger partial charge in [-0.15, -0.1) is 0 Å². The largest absolute Gasteiger partial charge is 0.463 e. The van der Waals surface area contributed by atoms with Gasteiger partial charge in [0, 0.05) is 12.7 Å². The van der Waals surface area contributed by atoms with Crippen molar-refractivity contribution in [3.63, 3.8) is 0 Å². The topological polar surface area (TPSA) is 72.2 Å². The molecule has 0 saturated carbocycles. The Morgan fingerprint density at radius 1 is 1.21 bits per heavy atom. The van der Waals surface area contributed by atoms with E-state index in [-0.39, 0.29) is 17.0 Å². The van der Waals surface area contributed by atoms with Gasteiger partial charge in [0.15, 0.2) is 5.76 Å². The van der Waals surface area contributed by atoms with Gasteiger partial charge in [-0.25, -0.2) is 17.5 Å². The summed E-state index contributed by atoms with van der Waals surface area (Å²) in [6.45, 7) is 1.56. The van der Waals surface area contributed by atoms with E-state index in [0.29, 0.717) is 17.0 Å². The van der Waals surface area contributed by atoms with Crippen LogP contribution in [0, 0.1) is 12.7 Å². The van der Waals surface area contributed by atoms with Gasteiger partial charge in [0.1, 0.15) is 11.5 Å². The third-order valence-corrected chi connectivity index (χ3v) is 4.94. The Labute approximate surface area is 139 Å². The standard InChI is InChI=1S/C17H15FN2O3S/c1-12-10-14(6-7-15(12)18)24(21,22)20-11-13-4-2-8-19-17(13)16-5-3-9-23-16/h2-10,20H,11H2,1H3. The predicted octanol–water partition coefficient (Wildman–Crippen LogP) is 3.27. The monoisotopic (exact) mass is 346 g/mol. The lowest BCUT2D eigenvalue weighted by atomic mass is 10.1. The maximum Gasteiger partial charge on any atom is 0.240 e. The number of nitrogens with one attached hydrogen (secondary N) is 1. The Bertz CT molecular complexity index is 954. The Morgan fingerprint density at radius 3 is 2.75 bits per heavy atom. The first kappa shape index (κ1) is 16.4. The van der Waals surface area contributed by atoms with Crippen molar-refractivity contribution in [1.29, 1.82) is 0 Å². The Kier molecular flexibility index (Phi) is 4.46. The van der Waals surface area contributed by atoms with Crippen LogP contribution < -0.4 is 4.72 Å². The summed E-state index contributed by atoms with van der Waals surface area (Å²) in [6, 6.07) is 10.7. The van der Waals surface area contributed by atoms with E-state index in [1.165, 1.54) is 25.3 Å². The molecule has 0 aliphatic rings. The molecule has 3 aromatic rings. The fraction of sp³-hybridized carbons (Fsp3) is 0.118. The summed E-state index contributed by atoms with van der Waals surface area (Å²) in [4.78, 5) is 4.26. The zero-order chi connectivity index (χ0) is 17.2. The van der Waals surface area contributed by atoms with Crippen molar-refractivity contribution < 1.29 is 17.2 Å². The molecule has 0 spiro atoms. The maximum atomic E-state index is 13.3. The van der Waals surface area contributed by atoms with Gasteiger partial charge in [-0.05, 0) is 54.4 Å². The Morgan fingerprint density at radius 2 is 2.04 bits per heavy atom. The summed E-state index contributed by atoms with van der Waals surface area (Å²) in [5.74, 6) is 0.115. The zero-order valence-corrected chi connectivity index (χ0v) is 13.7. The highest BCUT2D eigenvalue weighted by atomic mass is 32.2. The number of aryl methyl sites for hydroxylation is 1. The molecule has 2 heterocycles. The van der Waals surface area contributed by atoms with Crippen LogP contribution in [0.1, 0.15) is 11.1 Å². The van der Waals surface area contributed by atoms with E-state index in [2.05, 4.69) is 9.71 Å². The molecule has 0 fully saturated rings. The van der Waals surface area contributed by atoms with E-state index in [4.69, 9.17) is 4.42 Å². The van der Waals surface area contributed by atoms with Gasteiger partial charge in [0.25, 0.3) is 0 Å². The molecule has 0 amide bonds. The molecular weight excluding hydrogens is 331 g/mol. The van der Waals surface area contributed by atoms with Crippen LogP contribution in [0.15, 0.2) is 64.2 Å².